The lowest BCUT2D eigenvalue weighted by Crippen LogP contribution is -2.54. The van der Waals surface area contributed by atoms with Crippen LogP contribution in [0.2, 0.25) is 10.0 Å². The summed E-state index contributed by atoms with van der Waals surface area (Å²) in [5, 5.41) is 20.6. The third-order valence-electron chi connectivity index (χ3n) is 12.2. The maximum absolute atomic E-state index is 13.9. The number of rotatable bonds is 24. The van der Waals surface area contributed by atoms with Crippen LogP contribution in [0.15, 0.2) is 60.7 Å². The van der Waals surface area contributed by atoms with Crippen LogP contribution in [0.5, 0.6) is 0 Å². The molecule has 2 unspecified atom stereocenters. The van der Waals surface area contributed by atoms with E-state index in [-0.39, 0.29) is 65.9 Å². The summed E-state index contributed by atoms with van der Waals surface area (Å²) in [5.41, 5.74) is 2.03. The van der Waals surface area contributed by atoms with Gasteiger partial charge in [0.2, 0.25) is 29.5 Å². The fourth-order valence-electron chi connectivity index (χ4n) is 8.67. The van der Waals surface area contributed by atoms with Crippen LogP contribution in [-0.4, -0.2) is 135 Å². The minimum atomic E-state index is -1.14. The highest BCUT2D eigenvalue weighted by Crippen LogP contribution is 2.38. The van der Waals surface area contributed by atoms with E-state index in [9.17, 15) is 38.7 Å². The van der Waals surface area contributed by atoms with E-state index in [1.54, 1.807) is 70.5 Å². The van der Waals surface area contributed by atoms with Crippen LogP contribution >= 0.6 is 23.2 Å². The molecule has 378 valence electrons. The molecule has 2 saturated heterocycles. The van der Waals surface area contributed by atoms with E-state index in [2.05, 4.69) is 16.0 Å². The monoisotopic (exact) mass is 1010 g/mol. The Morgan fingerprint density at radius 3 is 2.16 bits per heavy atom. The molecule has 0 spiro atoms. The molecular formula is C51H64Cl2N6O11. The molecule has 0 aliphatic carbocycles. The van der Waals surface area contributed by atoms with Gasteiger partial charge in [-0.1, -0.05) is 68.2 Å². The summed E-state index contributed by atoms with van der Waals surface area (Å²) < 4.78 is 16.9. The normalized spacial score (nSPS) is 16.8. The number of hydrogen-bond acceptors (Lipinski definition) is 12. The number of nitrogens with zero attached hydrogens (tertiary/aromatic N) is 3. The molecule has 2 atom stereocenters. The number of likely N-dealkylation sites (tertiary alicyclic amines) is 1. The molecule has 3 aromatic rings. The Morgan fingerprint density at radius 2 is 1.49 bits per heavy atom. The zero-order valence-electron chi connectivity index (χ0n) is 40.1. The Morgan fingerprint density at radius 1 is 0.814 bits per heavy atom. The summed E-state index contributed by atoms with van der Waals surface area (Å²) in [6.45, 7) is 10.6. The number of carbonyl (C=O) groups is 7. The second kappa shape index (κ2) is 25.6. The van der Waals surface area contributed by atoms with Gasteiger partial charge in [-0.25, -0.2) is 0 Å². The summed E-state index contributed by atoms with van der Waals surface area (Å²) in [7, 11) is 0. The molecule has 19 heteroatoms. The average molecular weight is 1010 g/mol. The molecule has 7 amide bonds. The van der Waals surface area contributed by atoms with Gasteiger partial charge in [0.05, 0.1) is 37.6 Å². The van der Waals surface area contributed by atoms with Crippen molar-refractivity contribution in [2.24, 2.45) is 11.3 Å². The van der Waals surface area contributed by atoms with Crippen LogP contribution in [0, 0.1) is 11.3 Å². The highest BCUT2D eigenvalue weighted by Gasteiger charge is 2.45. The van der Waals surface area contributed by atoms with Crippen molar-refractivity contribution < 1.29 is 52.9 Å². The number of amides is 7. The second-order valence-corrected chi connectivity index (χ2v) is 19.6. The Kier molecular flexibility index (Phi) is 19.7. The van der Waals surface area contributed by atoms with Crippen molar-refractivity contribution in [1.82, 2.24) is 20.4 Å². The van der Waals surface area contributed by atoms with Crippen LogP contribution in [-0.2, 0) is 38.2 Å². The van der Waals surface area contributed by atoms with E-state index >= 15 is 0 Å². The van der Waals surface area contributed by atoms with Gasteiger partial charge < -0.3 is 39.8 Å². The van der Waals surface area contributed by atoms with Gasteiger partial charge >= 0.3 is 0 Å². The lowest BCUT2D eigenvalue weighted by atomic mass is 9.93. The third kappa shape index (κ3) is 14.6. The molecule has 0 radical (unpaired) electrons. The molecule has 70 heavy (non-hydrogen) atoms. The number of aliphatic hydroxyl groups is 1. The molecule has 0 saturated carbocycles. The Balaban J connectivity index is 0.795. The first-order valence-electron chi connectivity index (χ1n) is 23.9. The Labute approximate surface area is 418 Å². The maximum atomic E-state index is 13.9. The zero-order valence-corrected chi connectivity index (χ0v) is 41.6. The van der Waals surface area contributed by atoms with Gasteiger partial charge in [0.15, 0.2) is 0 Å². The van der Waals surface area contributed by atoms with Crippen molar-refractivity contribution in [2.75, 3.05) is 82.6 Å². The number of carbonyl (C=O) groups excluding carboxylic acids is 7. The van der Waals surface area contributed by atoms with E-state index in [0.717, 1.165) is 4.90 Å². The van der Waals surface area contributed by atoms with Crippen molar-refractivity contribution in [1.29, 1.82) is 0 Å². The molecule has 3 aliphatic rings. The van der Waals surface area contributed by atoms with Crippen LogP contribution in [0.1, 0.15) is 110 Å². The van der Waals surface area contributed by atoms with Gasteiger partial charge in [0, 0.05) is 104 Å². The molecule has 17 nitrogen and oxygen atoms in total. The first kappa shape index (κ1) is 53.9. The van der Waals surface area contributed by atoms with Crippen LogP contribution < -0.4 is 20.9 Å². The van der Waals surface area contributed by atoms with Gasteiger partial charge in [0.1, 0.15) is 12.1 Å². The molecule has 0 aromatic heterocycles. The molecule has 0 bridgehead atoms. The first-order valence-corrected chi connectivity index (χ1v) is 24.7. The van der Waals surface area contributed by atoms with Gasteiger partial charge in [-0.3, -0.25) is 43.8 Å². The Bertz CT molecular complexity index is 2370. The first-order chi connectivity index (χ1) is 33.5. The largest absolute Gasteiger partial charge is 0.384 e. The fraction of sp³-hybridized carbons (Fsp3) is 0.510. The number of imide groups is 2. The standard InChI is InChI=1S/C51H64Cl2N6O11/c1-51(2,3)32-58(40-14-13-34(52)31-37(40)46(63)35-9-4-5-11-38(35)53)44(62)18-17-43(61)57-23-19-33(20-24-57)47(64)55-22-8-26-69-28-30-70-29-27-68-25-7-21-54-39-12-6-10-36-45(39)50(67)59(49(36)66)41-15-16-42(60)56-48(41)65/h4-6,9-14,31,33,41,46,54,63H,7-8,15-30,32H2,1-3H3,(H,55,64)(H,56,60,65). The molecule has 3 heterocycles. The SMILES string of the molecule is CC(C)(C)CN(C(=O)CCC(=O)N1CCC(C(=O)NCCCOCCOCCOCCCNc2cccc3c2C(=O)N(C2CCC(=O)NC2=O)C3=O)CC1)c1ccc(Cl)cc1C(O)c1ccccc1Cl. The van der Waals surface area contributed by atoms with Gasteiger partial charge in [-0.2, -0.15) is 0 Å². The number of anilines is 2. The maximum Gasteiger partial charge on any atom is 0.264 e. The molecular weight excluding hydrogens is 943 g/mol. The summed E-state index contributed by atoms with van der Waals surface area (Å²) in [6.07, 6.45) is 1.29. The summed E-state index contributed by atoms with van der Waals surface area (Å²) >= 11 is 12.8. The minimum absolute atomic E-state index is 0.0109. The van der Waals surface area contributed by atoms with Crippen molar-refractivity contribution in [2.45, 2.75) is 84.3 Å². The van der Waals surface area contributed by atoms with Crippen molar-refractivity contribution >= 4 is 75.9 Å². The van der Waals surface area contributed by atoms with Gasteiger partial charge in [-0.15, -0.1) is 0 Å². The number of ether oxygens (including phenoxy) is 3. The average Bonchev–Trinajstić information content (AvgIpc) is 3.59. The highest BCUT2D eigenvalue weighted by atomic mass is 35.5. The van der Waals surface area contributed by atoms with Gasteiger partial charge in [-0.05, 0) is 73.9 Å². The van der Waals surface area contributed by atoms with E-state index < -0.39 is 35.8 Å². The number of benzene rings is 3. The number of nitrogens with one attached hydrogen (secondary N) is 3. The van der Waals surface area contributed by atoms with E-state index in [1.165, 1.54) is 0 Å². The quantitative estimate of drug-likeness (QED) is 0.0608. The van der Waals surface area contributed by atoms with Crippen molar-refractivity contribution in [3.05, 3.63) is 93.0 Å². The second-order valence-electron chi connectivity index (χ2n) is 18.8. The molecule has 4 N–H and O–H groups in total. The predicted octanol–water partition coefficient (Wildman–Crippen LogP) is 5.93. The van der Waals surface area contributed by atoms with Crippen molar-refractivity contribution in [3.63, 3.8) is 0 Å². The van der Waals surface area contributed by atoms with Crippen LogP contribution in [0.3, 0.4) is 0 Å². The number of aliphatic hydroxyl groups excluding tert-OH is 1. The van der Waals surface area contributed by atoms with Crippen LogP contribution in [0.25, 0.3) is 0 Å². The highest BCUT2D eigenvalue weighted by molar-refractivity contribution is 6.31. The molecule has 3 aliphatic heterocycles. The molecule has 2 fully saturated rings. The van der Waals surface area contributed by atoms with Gasteiger partial charge in [0.25, 0.3) is 11.8 Å². The molecule has 3 aromatic carbocycles. The van der Waals surface area contributed by atoms with Crippen molar-refractivity contribution in [3.8, 4) is 0 Å². The lowest BCUT2D eigenvalue weighted by molar-refractivity contribution is -0.136. The molecule has 6 rings (SSSR count). The summed E-state index contributed by atoms with van der Waals surface area (Å²) in [5.74, 6) is -2.86. The summed E-state index contributed by atoms with van der Waals surface area (Å²) in [4.78, 5) is 94.7. The summed E-state index contributed by atoms with van der Waals surface area (Å²) in [6, 6.07) is 15.9. The zero-order chi connectivity index (χ0) is 50.4. The topological polar surface area (TPSA) is 213 Å². The number of halogens is 2. The number of hydrogen-bond donors (Lipinski definition) is 4. The van der Waals surface area contributed by atoms with E-state index in [1.807, 2.05) is 20.8 Å². The Hall–Kier alpha value is -5.43. The number of piperidine rings is 2. The predicted molar refractivity (Wildman–Crippen MR) is 264 cm³/mol. The number of fused-ring (bicyclic) bond motifs is 1. The smallest absolute Gasteiger partial charge is 0.264 e. The van der Waals surface area contributed by atoms with E-state index in [4.69, 9.17) is 37.4 Å². The van der Waals surface area contributed by atoms with Crippen LogP contribution in [0.4, 0.5) is 11.4 Å². The minimum Gasteiger partial charge on any atom is -0.384 e. The lowest BCUT2D eigenvalue weighted by Gasteiger charge is -2.33. The third-order valence-corrected chi connectivity index (χ3v) is 12.8. The fourth-order valence-corrected chi connectivity index (χ4v) is 9.09. The van der Waals surface area contributed by atoms with E-state index in [0.29, 0.717) is 131 Å².